The van der Waals surface area contributed by atoms with Crippen molar-refractivity contribution in [2.24, 2.45) is 0 Å². The van der Waals surface area contributed by atoms with Crippen LogP contribution in [-0.4, -0.2) is 52.1 Å². The van der Waals surface area contributed by atoms with E-state index in [2.05, 4.69) is 33.6 Å². The number of carbonyl (C=O) groups excluding carboxylic acids is 1. The molecular weight excluding hydrogens is 507 g/mol. The molecule has 210 valence electrons. The van der Waals surface area contributed by atoms with Gasteiger partial charge >= 0.3 is 5.69 Å². The van der Waals surface area contributed by atoms with E-state index in [9.17, 15) is 14.0 Å². The van der Waals surface area contributed by atoms with Crippen molar-refractivity contribution in [3.63, 3.8) is 0 Å². The van der Waals surface area contributed by atoms with Crippen LogP contribution in [-0.2, 0) is 22.5 Å². The van der Waals surface area contributed by atoms with E-state index in [1.54, 1.807) is 25.6 Å². The quantitative estimate of drug-likeness (QED) is 0.264. The van der Waals surface area contributed by atoms with Crippen LogP contribution in [0.1, 0.15) is 54.8 Å². The number of amides is 1. The highest BCUT2D eigenvalue weighted by molar-refractivity contribution is 5.86. The standard InChI is InChI=1S/C32H37FN4O3/c1-22-27-9-4-10-28(33)31(27)37(17-6-18-40-2)30(22)25-8-5-16-36(21-25)29(38)11-3-7-23-12-14-24(15-13-23)26-19-34-32(39)35-20-26/h4,9-10,12-15,19-20,25H,3,5-8,11,16-18,21H2,1-2H3,(H,34,35,39). The summed E-state index contributed by atoms with van der Waals surface area (Å²) in [6.45, 7) is 4.84. The SMILES string of the molecule is COCCCn1c(C2CCCN(C(=O)CCCc3ccc(-c4cnc(=O)[nH]c4)cc3)C2)c(C)c2cccc(F)c21. The molecule has 0 saturated carbocycles. The number of hydrogen-bond acceptors (Lipinski definition) is 4. The molecule has 1 amide bonds. The number of aromatic amines is 1. The summed E-state index contributed by atoms with van der Waals surface area (Å²) in [5, 5.41) is 0.957. The zero-order valence-electron chi connectivity index (χ0n) is 23.3. The first-order valence-corrected chi connectivity index (χ1v) is 14.1. The Bertz CT molecular complexity index is 1510. The van der Waals surface area contributed by atoms with Crippen molar-refractivity contribution in [2.45, 2.75) is 57.9 Å². The second kappa shape index (κ2) is 12.6. The fraction of sp³-hybridized carbons (Fsp3) is 0.406. The molecule has 0 radical (unpaired) electrons. The number of para-hydroxylation sites is 1. The zero-order valence-corrected chi connectivity index (χ0v) is 23.3. The number of nitrogens with one attached hydrogen (secondary N) is 1. The Morgan fingerprint density at radius 3 is 2.73 bits per heavy atom. The van der Waals surface area contributed by atoms with Crippen molar-refractivity contribution in [1.29, 1.82) is 0 Å². The maximum absolute atomic E-state index is 15.0. The number of aromatic nitrogens is 3. The molecule has 7 nitrogen and oxygen atoms in total. The Kier molecular flexibility index (Phi) is 8.75. The lowest BCUT2D eigenvalue weighted by Gasteiger charge is -2.34. The van der Waals surface area contributed by atoms with Gasteiger partial charge in [-0.3, -0.25) is 4.79 Å². The summed E-state index contributed by atoms with van der Waals surface area (Å²) >= 11 is 0. The van der Waals surface area contributed by atoms with Gasteiger partial charge in [-0.05, 0) is 61.8 Å². The van der Waals surface area contributed by atoms with Gasteiger partial charge in [0.15, 0.2) is 0 Å². The number of benzene rings is 2. The van der Waals surface area contributed by atoms with Crippen LogP contribution in [0.25, 0.3) is 22.0 Å². The topological polar surface area (TPSA) is 80.2 Å². The van der Waals surface area contributed by atoms with Crippen LogP contribution in [0.15, 0.2) is 59.7 Å². The Hall–Kier alpha value is -3.78. The van der Waals surface area contributed by atoms with Gasteiger partial charge in [0.05, 0.1) is 5.52 Å². The van der Waals surface area contributed by atoms with Crippen LogP contribution >= 0.6 is 0 Å². The lowest BCUT2D eigenvalue weighted by atomic mass is 9.91. The molecule has 4 aromatic rings. The van der Waals surface area contributed by atoms with Crippen LogP contribution in [0.3, 0.4) is 0 Å². The van der Waals surface area contributed by atoms with Crippen molar-refractivity contribution >= 4 is 16.8 Å². The Morgan fingerprint density at radius 1 is 1.15 bits per heavy atom. The average molecular weight is 545 g/mol. The van der Waals surface area contributed by atoms with Gasteiger partial charge in [0.2, 0.25) is 5.91 Å². The molecule has 1 fully saturated rings. The van der Waals surface area contributed by atoms with Gasteiger partial charge in [0.25, 0.3) is 0 Å². The Labute approximate surface area is 234 Å². The third kappa shape index (κ3) is 6.02. The highest BCUT2D eigenvalue weighted by Crippen LogP contribution is 2.37. The highest BCUT2D eigenvalue weighted by Gasteiger charge is 2.29. The monoisotopic (exact) mass is 544 g/mol. The number of rotatable bonds is 10. The van der Waals surface area contributed by atoms with E-state index in [0.29, 0.717) is 31.6 Å². The second-order valence-corrected chi connectivity index (χ2v) is 10.7. The molecule has 40 heavy (non-hydrogen) atoms. The molecule has 1 aliphatic rings. The van der Waals surface area contributed by atoms with Gasteiger partial charge < -0.3 is 19.2 Å². The molecule has 5 rings (SSSR count). The fourth-order valence-corrected chi connectivity index (χ4v) is 6.07. The molecule has 8 heteroatoms. The molecule has 3 heterocycles. The first-order valence-electron chi connectivity index (χ1n) is 14.1. The van der Waals surface area contributed by atoms with E-state index in [4.69, 9.17) is 4.74 Å². The molecule has 0 bridgehead atoms. The van der Waals surface area contributed by atoms with Crippen LogP contribution in [0.4, 0.5) is 4.39 Å². The lowest BCUT2D eigenvalue weighted by Crippen LogP contribution is -2.39. The summed E-state index contributed by atoms with van der Waals surface area (Å²) in [5.41, 5.74) is 5.59. The van der Waals surface area contributed by atoms with E-state index >= 15 is 0 Å². The number of aryl methyl sites for hydroxylation is 3. The zero-order chi connectivity index (χ0) is 28.1. The number of likely N-dealkylation sites (tertiary alicyclic amines) is 1. The van der Waals surface area contributed by atoms with Gasteiger partial charge in [-0.25, -0.2) is 14.2 Å². The normalized spacial score (nSPS) is 15.6. The van der Waals surface area contributed by atoms with Crippen molar-refractivity contribution in [3.8, 4) is 11.1 Å². The predicted octanol–water partition coefficient (Wildman–Crippen LogP) is 5.60. The molecule has 0 spiro atoms. The Morgan fingerprint density at radius 2 is 1.98 bits per heavy atom. The molecule has 2 aromatic heterocycles. The summed E-state index contributed by atoms with van der Waals surface area (Å²) in [6, 6.07) is 13.5. The molecular formula is C32H37FN4O3. The van der Waals surface area contributed by atoms with Crippen LogP contribution in [0.5, 0.6) is 0 Å². The summed E-state index contributed by atoms with van der Waals surface area (Å²) in [4.78, 5) is 32.8. The molecule has 2 aromatic carbocycles. The van der Waals surface area contributed by atoms with Crippen LogP contribution in [0.2, 0.25) is 0 Å². The summed E-state index contributed by atoms with van der Waals surface area (Å²) < 4.78 is 22.4. The molecule has 1 unspecified atom stereocenters. The summed E-state index contributed by atoms with van der Waals surface area (Å²) in [7, 11) is 1.69. The maximum atomic E-state index is 15.0. The van der Waals surface area contributed by atoms with Crippen LogP contribution < -0.4 is 5.69 Å². The number of methoxy groups -OCH3 is 1. The minimum absolute atomic E-state index is 0.182. The molecule has 1 atom stereocenters. The predicted molar refractivity (Wildman–Crippen MR) is 155 cm³/mol. The first-order chi connectivity index (χ1) is 19.5. The summed E-state index contributed by atoms with van der Waals surface area (Å²) in [6.07, 6.45) is 8.06. The van der Waals surface area contributed by atoms with Crippen molar-refractivity contribution in [2.75, 3.05) is 26.8 Å². The maximum Gasteiger partial charge on any atom is 0.344 e. The van der Waals surface area contributed by atoms with E-state index in [0.717, 1.165) is 66.4 Å². The van der Waals surface area contributed by atoms with Crippen molar-refractivity contribution < 1.29 is 13.9 Å². The van der Waals surface area contributed by atoms with E-state index in [1.807, 2.05) is 23.1 Å². The highest BCUT2D eigenvalue weighted by atomic mass is 19.1. The number of hydrogen-bond donors (Lipinski definition) is 1. The lowest BCUT2D eigenvalue weighted by molar-refractivity contribution is -0.132. The van der Waals surface area contributed by atoms with E-state index in [1.165, 1.54) is 11.6 Å². The second-order valence-electron chi connectivity index (χ2n) is 10.7. The third-order valence-electron chi connectivity index (χ3n) is 8.04. The first kappa shape index (κ1) is 27.8. The fourth-order valence-electron chi connectivity index (χ4n) is 6.07. The van der Waals surface area contributed by atoms with E-state index in [-0.39, 0.29) is 23.3 Å². The summed E-state index contributed by atoms with van der Waals surface area (Å²) in [5.74, 6) is 0.171. The van der Waals surface area contributed by atoms with Crippen LogP contribution in [0, 0.1) is 12.7 Å². The molecule has 1 saturated heterocycles. The number of halogens is 1. The van der Waals surface area contributed by atoms with Gasteiger partial charge in [0.1, 0.15) is 5.82 Å². The minimum Gasteiger partial charge on any atom is -0.385 e. The number of nitrogens with zero attached hydrogens (tertiary/aromatic N) is 3. The number of piperidine rings is 1. The smallest absolute Gasteiger partial charge is 0.344 e. The molecule has 1 N–H and O–H groups in total. The van der Waals surface area contributed by atoms with Crippen molar-refractivity contribution in [1.82, 2.24) is 19.4 Å². The number of fused-ring (bicyclic) bond motifs is 1. The number of H-pyrrole nitrogens is 1. The van der Waals surface area contributed by atoms with E-state index < -0.39 is 0 Å². The third-order valence-corrected chi connectivity index (χ3v) is 8.04. The van der Waals surface area contributed by atoms with Gasteiger partial charge in [-0.1, -0.05) is 36.4 Å². The average Bonchev–Trinajstić information content (AvgIpc) is 3.26. The largest absolute Gasteiger partial charge is 0.385 e. The molecule has 1 aliphatic heterocycles. The minimum atomic E-state index is -0.362. The Balaban J connectivity index is 1.23. The molecule has 0 aliphatic carbocycles. The van der Waals surface area contributed by atoms with Crippen molar-refractivity contribution in [3.05, 3.63) is 88.0 Å². The van der Waals surface area contributed by atoms with Gasteiger partial charge in [-0.2, -0.15) is 0 Å². The van der Waals surface area contributed by atoms with Gasteiger partial charge in [0, 0.05) is 74.7 Å². The number of carbonyl (C=O) groups is 1. The number of ether oxygens (including phenoxy) is 1. The van der Waals surface area contributed by atoms with Gasteiger partial charge in [-0.15, -0.1) is 0 Å².